The average Bonchev–Trinajstić information content (AvgIpc) is 2.34. The Labute approximate surface area is 116 Å². The quantitative estimate of drug-likeness (QED) is 0.819. The molecule has 1 rings (SSSR count). The molecule has 0 aromatic heterocycles. The van der Waals surface area contributed by atoms with Gasteiger partial charge >= 0.3 is 6.09 Å². The third kappa shape index (κ3) is 5.77. The summed E-state index contributed by atoms with van der Waals surface area (Å²) >= 11 is 0. The summed E-state index contributed by atoms with van der Waals surface area (Å²) in [6, 6.07) is 9.90. The van der Waals surface area contributed by atoms with Gasteiger partial charge in [0.15, 0.2) is 0 Å². The molecule has 0 aliphatic heterocycles. The maximum atomic E-state index is 11.9. The topological polar surface area (TPSA) is 29.5 Å². The minimum atomic E-state index is -0.263. The molecule has 1 amide bonds. The fourth-order valence-electron chi connectivity index (χ4n) is 2.02. The lowest BCUT2D eigenvalue weighted by Crippen LogP contribution is -2.37. The highest BCUT2D eigenvalue weighted by Gasteiger charge is 2.22. The van der Waals surface area contributed by atoms with Crippen LogP contribution in [0.5, 0.6) is 0 Å². The van der Waals surface area contributed by atoms with Crippen LogP contribution in [0.4, 0.5) is 4.79 Å². The number of benzene rings is 1. The molecule has 1 aromatic carbocycles. The first kappa shape index (κ1) is 15.5. The molecular weight excluding hydrogens is 238 g/mol. The monoisotopic (exact) mass is 263 g/mol. The lowest BCUT2D eigenvalue weighted by atomic mass is 9.88. The van der Waals surface area contributed by atoms with Gasteiger partial charge in [-0.05, 0) is 24.3 Å². The Morgan fingerprint density at radius 2 is 1.84 bits per heavy atom. The number of rotatable bonds is 4. The van der Waals surface area contributed by atoms with Crippen molar-refractivity contribution in [2.75, 3.05) is 7.05 Å². The first-order valence-electron chi connectivity index (χ1n) is 6.73. The zero-order valence-electron chi connectivity index (χ0n) is 12.6. The number of amides is 1. The van der Waals surface area contributed by atoms with Crippen molar-refractivity contribution >= 4 is 6.09 Å². The van der Waals surface area contributed by atoms with Crippen molar-refractivity contribution in [3.63, 3.8) is 0 Å². The molecule has 0 N–H and O–H groups in total. The van der Waals surface area contributed by atoms with Crippen molar-refractivity contribution in [3.8, 4) is 0 Å². The average molecular weight is 263 g/mol. The first-order valence-corrected chi connectivity index (χ1v) is 6.73. The Morgan fingerprint density at radius 3 is 2.37 bits per heavy atom. The molecule has 1 aromatic rings. The number of carbonyl (C=O) groups is 1. The van der Waals surface area contributed by atoms with Gasteiger partial charge in [-0.2, -0.15) is 0 Å². The van der Waals surface area contributed by atoms with Crippen molar-refractivity contribution in [2.45, 2.75) is 46.8 Å². The van der Waals surface area contributed by atoms with Crippen LogP contribution in [0.3, 0.4) is 0 Å². The van der Waals surface area contributed by atoms with Gasteiger partial charge in [-0.3, -0.25) is 0 Å². The van der Waals surface area contributed by atoms with Gasteiger partial charge in [0.05, 0.1) is 0 Å². The van der Waals surface area contributed by atoms with E-state index in [0.29, 0.717) is 6.61 Å². The number of nitrogens with zero attached hydrogens (tertiary/aromatic N) is 1. The van der Waals surface area contributed by atoms with E-state index in [2.05, 4.69) is 27.7 Å². The predicted octanol–water partition coefficient (Wildman–Crippen LogP) is 4.08. The summed E-state index contributed by atoms with van der Waals surface area (Å²) in [5.41, 5.74) is 1.21. The van der Waals surface area contributed by atoms with Crippen LogP contribution >= 0.6 is 0 Å². The zero-order valence-corrected chi connectivity index (χ0v) is 12.6. The van der Waals surface area contributed by atoms with Crippen LogP contribution in [0.25, 0.3) is 0 Å². The number of hydrogen-bond donors (Lipinski definition) is 0. The second kappa shape index (κ2) is 6.60. The number of hydrogen-bond acceptors (Lipinski definition) is 2. The molecule has 3 heteroatoms. The summed E-state index contributed by atoms with van der Waals surface area (Å²) in [5, 5.41) is 0. The third-order valence-corrected chi connectivity index (χ3v) is 3.06. The van der Waals surface area contributed by atoms with Gasteiger partial charge in [0.1, 0.15) is 6.61 Å². The van der Waals surface area contributed by atoms with Crippen molar-refractivity contribution in [3.05, 3.63) is 35.9 Å². The molecule has 0 bridgehead atoms. The summed E-state index contributed by atoms with van der Waals surface area (Å²) < 4.78 is 5.31. The van der Waals surface area contributed by atoms with E-state index in [-0.39, 0.29) is 17.6 Å². The smallest absolute Gasteiger partial charge is 0.410 e. The van der Waals surface area contributed by atoms with E-state index in [9.17, 15) is 4.79 Å². The molecule has 0 radical (unpaired) electrons. The molecule has 1 atom stereocenters. The maximum absolute atomic E-state index is 11.9. The Balaban J connectivity index is 2.44. The lowest BCUT2D eigenvalue weighted by Gasteiger charge is -2.30. The van der Waals surface area contributed by atoms with E-state index < -0.39 is 0 Å². The summed E-state index contributed by atoms with van der Waals surface area (Å²) in [4.78, 5) is 13.6. The third-order valence-electron chi connectivity index (χ3n) is 3.06. The molecule has 0 aliphatic carbocycles. The number of ether oxygens (including phenoxy) is 1. The Hall–Kier alpha value is -1.51. The summed E-state index contributed by atoms with van der Waals surface area (Å²) in [7, 11) is 1.80. The highest BCUT2D eigenvalue weighted by molar-refractivity contribution is 5.67. The molecule has 1 unspecified atom stereocenters. The van der Waals surface area contributed by atoms with Crippen molar-refractivity contribution in [1.82, 2.24) is 4.90 Å². The van der Waals surface area contributed by atoms with E-state index >= 15 is 0 Å². The summed E-state index contributed by atoms with van der Waals surface area (Å²) in [5.74, 6) is 0. The lowest BCUT2D eigenvalue weighted by molar-refractivity contribution is 0.0860. The van der Waals surface area contributed by atoms with Crippen LogP contribution < -0.4 is 0 Å². The fourth-order valence-corrected chi connectivity index (χ4v) is 2.02. The molecule has 106 valence electrons. The van der Waals surface area contributed by atoms with E-state index in [4.69, 9.17) is 4.74 Å². The van der Waals surface area contributed by atoms with Gasteiger partial charge in [-0.25, -0.2) is 4.79 Å². The second-order valence-electron chi connectivity index (χ2n) is 6.26. The maximum Gasteiger partial charge on any atom is 0.410 e. The van der Waals surface area contributed by atoms with Crippen LogP contribution in [-0.2, 0) is 11.3 Å². The first-order chi connectivity index (χ1) is 8.79. The van der Waals surface area contributed by atoms with Crippen molar-refractivity contribution in [1.29, 1.82) is 0 Å². The second-order valence-corrected chi connectivity index (χ2v) is 6.26. The van der Waals surface area contributed by atoms with Gasteiger partial charge in [0, 0.05) is 13.1 Å². The van der Waals surface area contributed by atoms with E-state index in [1.165, 1.54) is 0 Å². The van der Waals surface area contributed by atoms with Crippen LogP contribution in [0.2, 0.25) is 0 Å². The highest BCUT2D eigenvalue weighted by atomic mass is 16.6. The van der Waals surface area contributed by atoms with E-state index in [1.54, 1.807) is 11.9 Å². The molecule has 0 spiro atoms. The summed E-state index contributed by atoms with van der Waals surface area (Å²) in [6.07, 6.45) is 0.685. The molecule has 0 fully saturated rings. The zero-order chi connectivity index (χ0) is 14.5. The molecular formula is C16H25NO2. The van der Waals surface area contributed by atoms with Gasteiger partial charge in [0.2, 0.25) is 0 Å². The van der Waals surface area contributed by atoms with Gasteiger partial charge in [-0.1, -0.05) is 51.1 Å². The van der Waals surface area contributed by atoms with Gasteiger partial charge in [-0.15, -0.1) is 0 Å². The van der Waals surface area contributed by atoms with Crippen LogP contribution in [0, 0.1) is 5.41 Å². The van der Waals surface area contributed by atoms with E-state index in [0.717, 1.165) is 12.0 Å². The molecule has 0 saturated carbocycles. The minimum Gasteiger partial charge on any atom is -0.445 e. The summed E-state index contributed by atoms with van der Waals surface area (Å²) in [6.45, 7) is 8.90. The Morgan fingerprint density at radius 1 is 1.26 bits per heavy atom. The molecule has 0 aliphatic rings. The largest absolute Gasteiger partial charge is 0.445 e. The standard InChI is InChI=1S/C16H25NO2/c1-13(11-16(2,3)4)17(5)15(18)19-12-14-9-7-6-8-10-14/h6-10,13H,11-12H2,1-5H3. The van der Waals surface area contributed by atoms with Crippen LogP contribution in [0.15, 0.2) is 30.3 Å². The van der Waals surface area contributed by atoms with Gasteiger partial charge in [0.25, 0.3) is 0 Å². The SMILES string of the molecule is CC(CC(C)(C)C)N(C)C(=O)OCc1ccccc1. The fraction of sp³-hybridized carbons (Fsp3) is 0.562. The predicted molar refractivity (Wildman–Crippen MR) is 77.9 cm³/mol. The molecule has 0 saturated heterocycles. The van der Waals surface area contributed by atoms with Crippen LogP contribution in [-0.4, -0.2) is 24.1 Å². The van der Waals surface area contributed by atoms with Gasteiger partial charge < -0.3 is 9.64 Å². The van der Waals surface area contributed by atoms with Crippen molar-refractivity contribution in [2.24, 2.45) is 5.41 Å². The molecule has 19 heavy (non-hydrogen) atoms. The van der Waals surface area contributed by atoms with Crippen LogP contribution in [0.1, 0.15) is 39.7 Å². The Bertz CT molecular complexity index is 395. The Kier molecular flexibility index (Phi) is 5.40. The highest BCUT2D eigenvalue weighted by Crippen LogP contribution is 2.23. The number of carbonyl (C=O) groups excluding carboxylic acids is 1. The van der Waals surface area contributed by atoms with Crippen molar-refractivity contribution < 1.29 is 9.53 Å². The molecule has 3 nitrogen and oxygen atoms in total. The minimum absolute atomic E-state index is 0.170. The normalized spacial score (nSPS) is 12.9. The molecule has 0 heterocycles. The van der Waals surface area contributed by atoms with E-state index in [1.807, 2.05) is 30.3 Å².